The molecule has 0 unspecified atom stereocenters. The minimum absolute atomic E-state index is 0.286. The van der Waals surface area contributed by atoms with Crippen LogP contribution in [0.2, 0.25) is 0 Å². The second kappa shape index (κ2) is 6.90. The van der Waals surface area contributed by atoms with Crippen LogP contribution in [0.4, 0.5) is 0 Å². The fourth-order valence-electron chi connectivity index (χ4n) is 5.06. The smallest absolute Gasteiger partial charge is 0.222 e. The molecule has 26 heavy (non-hydrogen) atoms. The minimum Gasteiger partial charge on any atom is -0.341 e. The lowest BCUT2D eigenvalue weighted by Gasteiger charge is -2.24. The Hall–Kier alpha value is -2.10. The van der Waals surface area contributed by atoms with Crippen molar-refractivity contribution in [3.63, 3.8) is 0 Å². The summed E-state index contributed by atoms with van der Waals surface area (Å²) in [6, 6.07) is 10.2. The number of aryl methyl sites for hydroxylation is 1. The van der Waals surface area contributed by atoms with Crippen LogP contribution in [-0.2, 0) is 11.3 Å². The van der Waals surface area contributed by atoms with Gasteiger partial charge in [-0.05, 0) is 63.0 Å². The van der Waals surface area contributed by atoms with E-state index >= 15 is 0 Å². The first-order valence-corrected chi connectivity index (χ1v) is 9.87. The number of hydrogen-bond donors (Lipinski definition) is 0. The largest absolute Gasteiger partial charge is 0.341 e. The van der Waals surface area contributed by atoms with Gasteiger partial charge in [0.2, 0.25) is 5.91 Å². The highest BCUT2D eigenvalue weighted by Crippen LogP contribution is 2.49. The monoisotopic (exact) mass is 351 g/mol. The molecule has 4 nitrogen and oxygen atoms in total. The molecule has 0 saturated heterocycles. The first-order chi connectivity index (χ1) is 12.5. The van der Waals surface area contributed by atoms with Crippen LogP contribution in [0.15, 0.2) is 30.3 Å². The third kappa shape index (κ3) is 3.17. The lowest BCUT2D eigenvalue weighted by molar-refractivity contribution is -0.131. The fourth-order valence-corrected chi connectivity index (χ4v) is 5.06. The fraction of sp³-hybridized carbons (Fsp3) is 0.545. The molecule has 2 aliphatic rings. The van der Waals surface area contributed by atoms with Gasteiger partial charge >= 0.3 is 0 Å². The van der Waals surface area contributed by atoms with Crippen LogP contribution in [-0.4, -0.2) is 27.6 Å². The van der Waals surface area contributed by atoms with Gasteiger partial charge in [-0.3, -0.25) is 4.79 Å². The Morgan fingerprint density at radius 2 is 1.96 bits per heavy atom. The van der Waals surface area contributed by atoms with Crippen molar-refractivity contribution in [3.8, 4) is 5.69 Å². The highest BCUT2D eigenvalue weighted by molar-refractivity contribution is 5.76. The molecule has 2 aliphatic carbocycles. The van der Waals surface area contributed by atoms with Crippen LogP contribution in [0, 0.1) is 31.6 Å². The van der Waals surface area contributed by atoms with E-state index in [9.17, 15) is 4.79 Å². The molecule has 2 aromatic rings. The van der Waals surface area contributed by atoms with Crippen LogP contribution >= 0.6 is 0 Å². The summed E-state index contributed by atoms with van der Waals surface area (Å²) in [6.07, 6.45) is 6.09. The molecule has 138 valence electrons. The summed E-state index contributed by atoms with van der Waals surface area (Å²) in [7, 11) is 1.94. The zero-order valence-corrected chi connectivity index (χ0v) is 16.1. The molecule has 1 heterocycles. The summed E-state index contributed by atoms with van der Waals surface area (Å²) in [5.41, 5.74) is 4.35. The number of carbonyl (C=O) groups excluding carboxylic acids is 1. The van der Waals surface area contributed by atoms with E-state index in [1.807, 2.05) is 41.8 Å². The van der Waals surface area contributed by atoms with E-state index in [4.69, 9.17) is 5.10 Å². The van der Waals surface area contributed by atoms with E-state index in [-0.39, 0.29) is 5.91 Å². The van der Waals surface area contributed by atoms with Gasteiger partial charge in [-0.1, -0.05) is 24.6 Å². The highest BCUT2D eigenvalue weighted by Gasteiger charge is 2.40. The van der Waals surface area contributed by atoms with Gasteiger partial charge in [0.25, 0.3) is 0 Å². The number of aromatic nitrogens is 2. The third-order valence-corrected chi connectivity index (χ3v) is 6.58. The molecule has 4 heteroatoms. The average molecular weight is 351 g/mol. The second-order valence-electron chi connectivity index (χ2n) is 8.29. The maximum Gasteiger partial charge on any atom is 0.222 e. The van der Waals surface area contributed by atoms with Crippen molar-refractivity contribution in [2.24, 2.45) is 17.8 Å². The van der Waals surface area contributed by atoms with E-state index in [0.717, 1.165) is 40.9 Å². The van der Waals surface area contributed by atoms with Crippen LogP contribution < -0.4 is 0 Å². The second-order valence-corrected chi connectivity index (χ2v) is 8.29. The molecule has 0 radical (unpaired) electrons. The number of benzene rings is 1. The summed E-state index contributed by atoms with van der Waals surface area (Å²) in [5.74, 6) is 2.62. The van der Waals surface area contributed by atoms with Gasteiger partial charge in [-0.25, -0.2) is 4.68 Å². The van der Waals surface area contributed by atoms with Gasteiger partial charge in [0.15, 0.2) is 0 Å². The maximum atomic E-state index is 12.8. The zero-order chi connectivity index (χ0) is 18.3. The molecule has 0 N–H and O–H groups in total. The molecule has 1 aromatic carbocycles. The summed E-state index contributed by atoms with van der Waals surface area (Å²) in [5, 5.41) is 4.71. The molecule has 2 bridgehead atoms. The van der Waals surface area contributed by atoms with E-state index in [1.54, 1.807) is 0 Å². The van der Waals surface area contributed by atoms with E-state index < -0.39 is 0 Å². The first-order valence-electron chi connectivity index (χ1n) is 9.87. The standard InChI is InChI=1S/C22H29N3O/c1-15-21(16(2)25(23-15)20-7-5-4-6-8-20)14-24(3)22(26)13-19-12-17-9-10-18(19)11-17/h4-8,17-19H,9-14H2,1-3H3/t17-,18-,19-/m0/s1. The molecular weight excluding hydrogens is 322 g/mol. The first kappa shape index (κ1) is 17.3. The van der Waals surface area contributed by atoms with Crippen molar-refractivity contribution in [3.05, 3.63) is 47.3 Å². The van der Waals surface area contributed by atoms with Gasteiger partial charge in [0, 0.05) is 31.3 Å². The van der Waals surface area contributed by atoms with Crippen LogP contribution in [0.5, 0.6) is 0 Å². The van der Waals surface area contributed by atoms with E-state index in [0.29, 0.717) is 12.5 Å². The van der Waals surface area contributed by atoms with Gasteiger partial charge < -0.3 is 4.90 Å². The summed E-state index contributed by atoms with van der Waals surface area (Å²) >= 11 is 0. The van der Waals surface area contributed by atoms with Crippen molar-refractivity contribution < 1.29 is 4.79 Å². The Kier molecular flexibility index (Phi) is 4.60. The number of fused-ring (bicyclic) bond motifs is 2. The highest BCUT2D eigenvalue weighted by atomic mass is 16.2. The summed E-state index contributed by atoms with van der Waals surface area (Å²) in [6.45, 7) is 4.77. The topological polar surface area (TPSA) is 38.1 Å². The summed E-state index contributed by atoms with van der Waals surface area (Å²) < 4.78 is 1.99. The Bertz CT molecular complexity index is 795. The Labute approximate surface area is 156 Å². The van der Waals surface area contributed by atoms with Crippen LogP contribution in [0.1, 0.15) is 49.1 Å². The number of hydrogen-bond acceptors (Lipinski definition) is 2. The van der Waals surface area contributed by atoms with Crippen molar-refractivity contribution in [1.82, 2.24) is 14.7 Å². The van der Waals surface area contributed by atoms with Crippen LogP contribution in [0.3, 0.4) is 0 Å². The molecule has 1 aromatic heterocycles. The third-order valence-electron chi connectivity index (χ3n) is 6.58. The van der Waals surface area contributed by atoms with E-state index in [1.165, 1.54) is 25.7 Å². The quantitative estimate of drug-likeness (QED) is 0.807. The molecule has 0 spiro atoms. The molecule has 0 aliphatic heterocycles. The predicted molar refractivity (Wildman–Crippen MR) is 103 cm³/mol. The van der Waals surface area contributed by atoms with E-state index in [2.05, 4.69) is 19.1 Å². The Morgan fingerprint density at radius 3 is 2.62 bits per heavy atom. The summed E-state index contributed by atoms with van der Waals surface area (Å²) in [4.78, 5) is 14.7. The van der Waals surface area contributed by atoms with Crippen molar-refractivity contribution >= 4 is 5.91 Å². The molecule has 1 amide bonds. The maximum absolute atomic E-state index is 12.8. The van der Waals surface area contributed by atoms with Crippen molar-refractivity contribution in [1.29, 1.82) is 0 Å². The molecule has 2 saturated carbocycles. The Balaban J connectivity index is 1.45. The molecule has 2 fully saturated rings. The van der Waals surface area contributed by atoms with Gasteiger partial charge in [-0.2, -0.15) is 5.10 Å². The van der Waals surface area contributed by atoms with Crippen LogP contribution in [0.25, 0.3) is 5.69 Å². The average Bonchev–Trinajstić information content (AvgIpc) is 3.33. The lowest BCUT2D eigenvalue weighted by Crippen LogP contribution is -2.29. The molecular formula is C22H29N3O. The van der Waals surface area contributed by atoms with Gasteiger partial charge in [0.05, 0.1) is 11.4 Å². The minimum atomic E-state index is 0.286. The van der Waals surface area contributed by atoms with Gasteiger partial charge in [-0.15, -0.1) is 0 Å². The number of rotatable bonds is 5. The number of carbonyl (C=O) groups is 1. The predicted octanol–water partition coefficient (Wildman–Crippen LogP) is 4.27. The SMILES string of the molecule is Cc1nn(-c2ccccc2)c(C)c1CN(C)C(=O)C[C@@H]1C[C@H]2CC[C@H]1C2. The van der Waals surface area contributed by atoms with Gasteiger partial charge in [0.1, 0.15) is 0 Å². The number of nitrogens with zero attached hydrogens (tertiary/aromatic N) is 3. The zero-order valence-electron chi connectivity index (χ0n) is 16.1. The molecule has 3 atom stereocenters. The lowest BCUT2D eigenvalue weighted by atomic mass is 9.86. The Morgan fingerprint density at radius 1 is 1.19 bits per heavy atom. The van der Waals surface area contributed by atoms with Crippen molar-refractivity contribution in [2.75, 3.05) is 7.05 Å². The number of para-hydroxylation sites is 1. The number of amides is 1. The normalized spacial score (nSPS) is 24.2. The molecule has 4 rings (SSSR count). The van der Waals surface area contributed by atoms with Crippen molar-refractivity contribution in [2.45, 2.75) is 52.5 Å².